The van der Waals surface area contributed by atoms with E-state index in [0.717, 1.165) is 13.0 Å². The number of pyridine rings is 1. The molecule has 10 nitrogen and oxygen atoms in total. The van der Waals surface area contributed by atoms with Crippen molar-refractivity contribution in [2.24, 2.45) is 0 Å². The van der Waals surface area contributed by atoms with Crippen LogP contribution in [-0.2, 0) is 0 Å². The van der Waals surface area contributed by atoms with E-state index in [-0.39, 0.29) is 60.0 Å². The Morgan fingerprint density at radius 2 is 1.49 bits per heavy atom. The number of hydrogen-bond acceptors (Lipinski definition) is 8. The third-order valence-electron chi connectivity index (χ3n) is 6.62. The molecule has 1 aromatic heterocycles. The summed E-state index contributed by atoms with van der Waals surface area (Å²) in [5.74, 6) is -0.574. The van der Waals surface area contributed by atoms with Crippen molar-refractivity contribution < 1.29 is 29.0 Å². The number of ketones is 1. The van der Waals surface area contributed by atoms with Gasteiger partial charge in [0.15, 0.2) is 11.5 Å². The van der Waals surface area contributed by atoms with Crippen LogP contribution in [0.1, 0.15) is 49.5 Å². The van der Waals surface area contributed by atoms with E-state index >= 15 is 0 Å². The number of carbonyl (C=O) groups excluding carboxylic acids is 3. The molecule has 1 fully saturated rings. The molecule has 0 aliphatic carbocycles. The van der Waals surface area contributed by atoms with Gasteiger partial charge < -0.3 is 30.5 Å². The number of nitrogens with one attached hydrogen (secondary N) is 3. The number of phenolic OH excluding ortho intramolecular Hbond substituents is 1. The first kappa shape index (κ1) is 27.9. The molecule has 2 aromatic carbocycles. The number of halogens is 1. The average molecular weight is 553 g/mol. The van der Waals surface area contributed by atoms with E-state index in [9.17, 15) is 19.5 Å². The summed E-state index contributed by atoms with van der Waals surface area (Å²) in [6.07, 6.45) is 4.65. The minimum Gasteiger partial charge on any atom is -0.507 e. The molecule has 2 amide bonds. The number of phenols is 1. The number of amides is 2. The van der Waals surface area contributed by atoms with Gasteiger partial charge in [0.2, 0.25) is 5.78 Å². The van der Waals surface area contributed by atoms with Crippen LogP contribution in [0, 0.1) is 0 Å². The van der Waals surface area contributed by atoms with Crippen LogP contribution >= 0.6 is 12.4 Å². The van der Waals surface area contributed by atoms with Crippen molar-refractivity contribution in [2.75, 3.05) is 26.3 Å². The van der Waals surface area contributed by atoms with Gasteiger partial charge in [-0.2, -0.15) is 0 Å². The summed E-state index contributed by atoms with van der Waals surface area (Å²) < 4.78 is 11.1. The molecule has 0 radical (unpaired) electrons. The van der Waals surface area contributed by atoms with Crippen molar-refractivity contribution in [3.05, 3.63) is 83.2 Å². The number of benzene rings is 2. The van der Waals surface area contributed by atoms with Crippen molar-refractivity contribution in [3.63, 3.8) is 0 Å². The van der Waals surface area contributed by atoms with E-state index in [1.165, 1.54) is 18.2 Å². The maximum Gasteiger partial charge on any atom is 0.251 e. The fraction of sp³-hybridized carbons (Fsp3) is 0.286. The van der Waals surface area contributed by atoms with Gasteiger partial charge in [-0.25, -0.2) is 0 Å². The second kappa shape index (κ2) is 12.6. The van der Waals surface area contributed by atoms with Crippen molar-refractivity contribution in [2.45, 2.75) is 24.9 Å². The lowest BCUT2D eigenvalue weighted by molar-refractivity contribution is 0.0882. The zero-order valence-electron chi connectivity index (χ0n) is 21.0. The Kier molecular flexibility index (Phi) is 9.00. The second-order valence-corrected chi connectivity index (χ2v) is 9.13. The van der Waals surface area contributed by atoms with E-state index in [0.29, 0.717) is 42.0 Å². The molecule has 2 atom stereocenters. The Morgan fingerprint density at radius 1 is 0.846 bits per heavy atom. The summed E-state index contributed by atoms with van der Waals surface area (Å²) in [4.78, 5) is 43.0. The van der Waals surface area contributed by atoms with Crippen LogP contribution in [0.2, 0.25) is 0 Å². The number of rotatable bonds is 6. The quantitative estimate of drug-likeness (QED) is 0.342. The molecule has 39 heavy (non-hydrogen) atoms. The van der Waals surface area contributed by atoms with E-state index < -0.39 is 5.78 Å². The summed E-state index contributed by atoms with van der Waals surface area (Å²) in [5, 5.41) is 19.7. The van der Waals surface area contributed by atoms with Crippen LogP contribution in [-0.4, -0.2) is 66.1 Å². The normalized spacial score (nSPS) is 18.2. The van der Waals surface area contributed by atoms with Gasteiger partial charge in [0.1, 0.15) is 24.5 Å². The lowest BCUT2D eigenvalue weighted by Crippen LogP contribution is -2.54. The van der Waals surface area contributed by atoms with Gasteiger partial charge >= 0.3 is 0 Å². The predicted molar refractivity (Wildman–Crippen MR) is 145 cm³/mol. The lowest BCUT2D eigenvalue weighted by atomic mass is 9.99. The smallest absolute Gasteiger partial charge is 0.251 e. The third-order valence-corrected chi connectivity index (χ3v) is 6.62. The number of fused-ring (bicyclic) bond motifs is 1. The number of aromatic nitrogens is 1. The highest BCUT2D eigenvalue weighted by molar-refractivity contribution is 6.13. The van der Waals surface area contributed by atoms with E-state index in [2.05, 4.69) is 20.9 Å². The van der Waals surface area contributed by atoms with E-state index in [1.54, 1.807) is 42.7 Å². The monoisotopic (exact) mass is 552 g/mol. The lowest BCUT2D eigenvalue weighted by Gasteiger charge is -2.27. The molecule has 0 bridgehead atoms. The molecule has 4 N–H and O–H groups in total. The Balaban J connectivity index is 0.00000353. The molecule has 3 aromatic rings. The summed E-state index contributed by atoms with van der Waals surface area (Å²) in [7, 11) is 0. The van der Waals surface area contributed by atoms with Crippen LogP contribution in [0.3, 0.4) is 0 Å². The molecule has 2 aliphatic rings. The Bertz CT molecular complexity index is 1340. The topological polar surface area (TPSA) is 139 Å². The SMILES string of the molecule is Cl.O=C(N[C@@H]1CCCNC[C@H]1NC(=O)c1ccncc1)c1ccc(C(=O)c2c(O)ccc3c2OCCO3)cc1. The minimum atomic E-state index is -0.439. The number of aromatic hydroxyl groups is 1. The first-order chi connectivity index (χ1) is 18.5. The summed E-state index contributed by atoms with van der Waals surface area (Å²) in [6, 6.07) is 11.8. The molecule has 0 saturated carbocycles. The van der Waals surface area contributed by atoms with Gasteiger partial charge in [0, 0.05) is 35.6 Å². The van der Waals surface area contributed by atoms with E-state index in [1.807, 2.05) is 0 Å². The van der Waals surface area contributed by atoms with Crippen molar-refractivity contribution >= 4 is 30.0 Å². The predicted octanol–water partition coefficient (Wildman–Crippen LogP) is 2.49. The Hall–Kier alpha value is -4.15. The standard InChI is InChI=1S/C28H28N4O6.ClH/c33-22-7-8-23-26(38-15-14-37-23)24(22)25(34)17-3-5-18(6-4-17)27(35)31-20-2-1-11-30-16-21(20)32-28(36)19-9-12-29-13-10-19;/h3-10,12-13,20-21,30,33H,1-2,11,14-16H2,(H,31,35)(H,32,36);1H/t20-,21-;/m1./s1. The summed E-state index contributed by atoms with van der Waals surface area (Å²) >= 11 is 0. The van der Waals surface area contributed by atoms with Gasteiger partial charge in [0.25, 0.3) is 11.8 Å². The van der Waals surface area contributed by atoms with Gasteiger partial charge in [-0.3, -0.25) is 19.4 Å². The highest BCUT2D eigenvalue weighted by Gasteiger charge is 2.28. The molecule has 0 unspecified atom stereocenters. The molecule has 0 spiro atoms. The maximum atomic E-state index is 13.2. The van der Waals surface area contributed by atoms with E-state index in [4.69, 9.17) is 9.47 Å². The van der Waals surface area contributed by atoms with Crippen molar-refractivity contribution in [1.82, 2.24) is 20.9 Å². The molecule has 5 rings (SSSR count). The number of hydrogen-bond donors (Lipinski definition) is 4. The maximum absolute atomic E-state index is 13.2. The Morgan fingerprint density at radius 3 is 2.23 bits per heavy atom. The Labute approximate surface area is 231 Å². The highest BCUT2D eigenvalue weighted by atomic mass is 35.5. The van der Waals surface area contributed by atoms with Gasteiger partial charge in [0.05, 0.1) is 12.1 Å². The fourth-order valence-electron chi connectivity index (χ4n) is 4.62. The van der Waals surface area contributed by atoms with Crippen LogP contribution in [0.5, 0.6) is 17.2 Å². The van der Waals surface area contributed by atoms with Gasteiger partial charge in [-0.1, -0.05) is 12.1 Å². The van der Waals surface area contributed by atoms with Crippen molar-refractivity contribution in [1.29, 1.82) is 0 Å². The zero-order valence-corrected chi connectivity index (χ0v) is 21.8. The molecule has 204 valence electrons. The molecular weight excluding hydrogens is 524 g/mol. The second-order valence-electron chi connectivity index (χ2n) is 9.13. The van der Waals surface area contributed by atoms with Gasteiger partial charge in [-0.15, -0.1) is 12.4 Å². The first-order valence-electron chi connectivity index (χ1n) is 12.5. The average Bonchev–Trinajstić information content (AvgIpc) is 3.17. The number of nitrogens with zero attached hydrogens (tertiary/aromatic N) is 1. The molecule has 2 aliphatic heterocycles. The van der Waals surface area contributed by atoms with Crippen LogP contribution < -0.4 is 25.4 Å². The first-order valence-corrected chi connectivity index (χ1v) is 12.5. The molecule has 3 heterocycles. The molecule has 11 heteroatoms. The number of carbonyl (C=O) groups is 3. The minimum absolute atomic E-state index is 0. The van der Waals surface area contributed by atoms with Crippen molar-refractivity contribution in [3.8, 4) is 17.2 Å². The summed E-state index contributed by atoms with van der Waals surface area (Å²) in [6.45, 7) is 1.94. The summed E-state index contributed by atoms with van der Waals surface area (Å²) in [5.41, 5.74) is 1.19. The molecule has 1 saturated heterocycles. The van der Waals surface area contributed by atoms with Crippen LogP contribution in [0.15, 0.2) is 60.9 Å². The fourth-order valence-corrected chi connectivity index (χ4v) is 4.62. The number of ether oxygens (including phenoxy) is 2. The largest absolute Gasteiger partial charge is 0.507 e. The van der Waals surface area contributed by atoms with Gasteiger partial charge in [-0.05, 0) is 55.8 Å². The molecular formula is C28H29ClN4O6. The zero-order chi connectivity index (χ0) is 26.5. The third kappa shape index (κ3) is 6.30. The highest BCUT2D eigenvalue weighted by Crippen LogP contribution is 2.40. The van der Waals surface area contributed by atoms with Crippen LogP contribution in [0.4, 0.5) is 0 Å². The van der Waals surface area contributed by atoms with Crippen LogP contribution in [0.25, 0.3) is 0 Å².